The molecule has 3 rings (SSSR count). The Balaban J connectivity index is 1.99. The molecule has 0 N–H and O–H groups in total. The van der Waals surface area contributed by atoms with Gasteiger partial charge in [-0.05, 0) is 37.3 Å². The Hall–Kier alpha value is -1.45. The highest BCUT2D eigenvalue weighted by atomic mass is 79.9. The normalized spacial score (nSPS) is 15.9. The average molecular weight is 338 g/mol. The number of halogens is 1. The number of pyridine rings is 1. The van der Waals surface area contributed by atoms with E-state index in [0.717, 1.165) is 15.7 Å². The molecule has 1 aliphatic rings. The number of rotatable bonds is 1. The fourth-order valence-corrected chi connectivity index (χ4v) is 3.35. The van der Waals surface area contributed by atoms with Crippen molar-refractivity contribution in [3.8, 4) is 5.75 Å². The summed E-state index contributed by atoms with van der Waals surface area (Å²) >= 11 is 3.43. The van der Waals surface area contributed by atoms with E-state index in [1.54, 1.807) is 4.67 Å². The predicted molar refractivity (Wildman–Crippen MR) is 77.5 cm³/mol. The third kappa shape index (κ3) is 2.48. The standard InChI is InChI=1S/C13H11BrN2O2P/c1-9-3-2-4-13(15-9)16-8-10-7-11(14)5-6-12(10)18-19(16)17/h2-7H,8H2,1H3/q+1. The third-order valence-electron chi connectivity index (χ3n) is 2.85. The van der Waals surface area contributed by atoms with Gasteiger partial charge < -0.3 is 0 Å². The fraction of sp³-hybridized carbons (Fsp3) is 0.154. The molecule has 0 amide bonds. The molecule has 2 heterocycles. The summed E-state index contributed by atoms with van der Waals surface area (Å²) < 4.78 is 20.3. The first-order chi connectivity index (χ1) is 9.13. The van der Waals surface area contributed by atoms with Gasteiger partial charge in [0.2, 0.25) is 0 Å². The fourth-order valence-electron chi connectivity index (χ4n) is 1.95. The minimum Gasteiger partial charge on any atom is -0.235 e. The van der Waals surface area contributed by atoms with E-state index in [1.165, 1.54) is 0 Å². The van der Waals surface area contributed by atoms with E-state index in [2.05, 4.69) is 20.9 Å². The molecule has 1 aromatic heterocycles. The predicted octanol–water partition coefficient (Wildman–Crippen LogP) is 4.21. The molecular weight excluding hydrogens is 327 g/mol. The number of hydrogen-bond donors (Lipinski definition) is 0. The van der Waals surface area contributed by atoms with E-state index in [1.807, 2.05) is 43.3 Å². The second kappa shape index (κ2) is 4.91. The van der Waals surface area contributed by atoms with Crippen LogP contribution >= 0.6 is 24.1 Å². The Labute approximate surface area is 120 Å². The lowest BCUT2D eigenvalue weighted by Gasteiger charge is -2.17. The van der Waals surface area contributed by atoms with Crippen LogP contribution in [-0.2, 0) is 11.1 Å². The lowest BCUT2D eigenvalue weighted by Crippen LogP contribution is -2.21. The highest BCUT2D eigenvalue weighted by molar-refractivity contribution is 9.10. The number of anilines is 1. The van der Waals surface area contributed by atoms with Crippen molar-refractivity contribution in [2.45, 2.75) is 13.5 Å². The number of aromatic nitrogens is 1. The monoisotopic (exact) mass is 337 g/mol. The van der Waals surface area contributed by atoms with Gasteiger partial charge in [-0.2, -0.15) is 0 Å². The Bertz CT molecular complexity index is 663. The van der Waals surface area contributed by atoms with Crippen molar-refractivity contribution in [3.05, 3.63) is 52.1 Å². The minimum atomic E-state index is -1.93. The second-order valence-corrected chi connectivity index (χ2v) is 6.33. The molecule has 0 radical (unpaired) electrons. The molecule has 1 aromatic carbocycles. The van der Waals surface area contributed by atoms with Crippen molar-refractivity contribution in [2.24, 2.45) is 0 Å². The molecule has 0 saturated heterocycles. The van der Waals surface area contributed by atoms with Gasteiger partial charge in [-0.15, -0.1) is 4.67 Å². The Kier molecular flexibility index (Phi) is 3.25. The van der Waals surface area contributed by atoms with Crippen molar-refractivity contribution in [2.75, 3.05) is 4.67 Å². The van der Waals surface area contributed by atoms with Crippen molar-refractivity contribution < 1.29 is 9.09 Å². The van der Waals surface area contributed by atoms with E-state index in [9.17, 15) is 4.57 Å². The molecule has 6 heteroatoms. The maximum Gasteiger partial charge on any atom is 0.698 e. The largest absolute Gasteiger partial charge is 0.698 e. The van der Waals surface area contributed by atoms with Crippen LogP contribution in [0.3, 0.4) is 0 Å². The molecule has 1 atom stereocenters. The summed E-state index contributed by atoms with van der Waals surface area (Å²) in [4.78, 5) is 4.39. The summed E-state index contributed by atoms with van der Waals surface area (Å²) in [6, 6.07) is 11.3. The van der Waals surface area contributed by atoms with Crippen LogP contribution in [0.2, 0.25) is 0 Å². The summed E-state index contributed by atoms with van der Waals surface area (Å²) in [5.41, 5.74) is 1.88. The van der Waals surface area contributed by atoms with Crippen LogP contribution < -0.4 is 9.19 Å². The highest BCUT2D eigenvalue weighted by Crippen LogP contribution is 2.43. The molecule has 0 fully saturated rings. The molecule has 0 spiro atoms. The van der Waals surface area contributed by atoms with E-state index >= 15 is 0 Å². The first kappa shape index (κ1) is 12.6. The van der Waals surface area contributed by atoms with Crippen LogP contribution in [0.5, 0.6) is 5.75 Å². The smallest absolute Gasteiger partial charge is 0.235 e. The van der Waals surface area contributed by atoms with E-state index in [4.69, 9.17) is 4.52 Å². The lowest BCUT2D eigenvalue weighted by molar-refractivity contribution is 0.485. The number of nitrogens with zero attached hydrogens (tertiary/aromatic N) is 2. The maximum atomic E-state index is 12.2. The molecule has 19 heavy (non-hydrogen) atoms. The van der Waals surface area contributed by atoms with Gasteiger partial charge in [-0.1, -0.05) is 22.0 Å². The molecule has 1 unspecified atom stereocenters. The topological polar surface area (TPSA) is 42.4 Å². The lowest BCUT2D eigenvalue weighted by atomic mass is 10.2. The molecule has 0 aliphatic carbocycles. The molecular formula is C13H11BrN2O2P+. The maximum absolute atomic E-state index is 12.2. The Morgan fingerprint density at radius 1 is 1.37 bits per heavy atom. The van der Waals surface area contributed by atoms with Crippen molar-refractivity contribution in [3.63, 3.8) is 0 Å². The summed E-state index contributed by atoms with van der Waals surface area (Å²) in [6.45, 7) is 2.44. The number of fused-ring (bicyclic) bond motifs is 1. The van der Waals surface area contributed by atoms with Gasteiger partial charge in [0.05, 0.1) is 6.54 Å². The van der Waals surface area contributed by atoms with Gasteiger partial charge >= 0.3 is 8.18 Å². The SMILES string of the molecule is Cc1cccc(N2Cc3cc(Br)ccc3O[P+]2=O)n1. The van der Waals surface area contributed by atoms with Crippen LogP contribution in [0.4, 0.5) is 5.82 Å². The van der Waals surface area contributed by atoms with Crippen LogP contribution in [0.25, 0.3) is 0 Å². The number of aryl methyl sites for hydroxylation is 1. The summed E-state index contributed by atoms with van der Waals surface area (Å²) in [6.07, 6.45) is 0. The average Bonchev–Trinajstić information content (AvgIpc) is 2.38. The zero-order chi connectivity index (χ0) is 13.4. The van der Waals surface area contributed by atoms with Crippen molar-refractivity contribution in [1.29, 1.82) is 0 Å². The molecule has 4 nitrogen and oxygen atoms in total. The summed E-state index contributed by atoms with van der Waals surface area (Å²) in [7, 11) is -1.93. The Morgan fingerprint density at radius 2 is 2.21 bits per heavy atom. The first-order valence-corrected chi connectivity index (χ1v) is 7.70. The van der Waals surface area contributed by atoms with Gasteiger partial charge in [-0.25, -0.2) is 9.51 Å². The van der Waals surface area contributed by atoms with Gasteiger partial charge in [0, 0.05) is 20.3 Å². The van der Waals surface area contributed by atoms with Gasteiger partial charge in [-0.3, -0.25) is 0 Å². The van der Waals surface area contributed by atoms with E-state index in [0.29, 0.717) is 18.1 Å². The van der Waals surface area contributed by atoms with Crippen LogP contribution in [0.15, 0.2) is 40.9 Å². The molecule has 1 aliphatic heterocycles. The van der Waals surface area contributed by atoms with Gasteiger partial charge in [0.25, 0.3) is 0 Å². The van der Waals surface area contributed by atoms with Crippen LogP contribution in [-0.4, -0.2) is 4.98 Å². The van der Waals surface area contributed by atoms with Crippen molar-refractivity contribution >= 4 is 29.9 Å². The third-order valence-corrected chi connectivity index (χ3v) is 4.44. The van der Waals surface area contributed by atoms with E-state index in [-0.39, 0.29) is 0 Å². The van der Waals surface area contributed by atoms with Gasteiger partial charge in [0.15, 0.2) is 11.6 Å². The highest BCUT2D eigenvalue weighted by Gasteiger charge is 2.39. The molecule has 0 saturated carbocycles. The zero-order valence-corrected chi connectivity index (χ0v) is 12.7. The quantitative estimate of drug-likeness (QED) is 0.731. The minimum absolute atomic E-state index is 0.528. The van der Waals surface area contributed by atoms with Gasteiger partial charge in [0.1, 0.15) is 0 Å². The molecule has 2 aromatic rings. The number of hydrogen-bond acceptors (Lipinski definition) is 3. The van der Waals surface area contributed by atoms with Crippen LogP contribution in [0.1, 0.15) is 11.3 Å². The second-order valence-electron chi connectivity index (χ2n) is 4.28. The van der Waals surface area contributed by atoms with Crippen LogP contribution in [0, 0.1) is 6.92 Å². The molecule has 96 valence electrons. The number of benzene rings is 1. The Morgan fingerprint density at radius 3 is 3.00 bits per heavy atom. The van der Waals surface area contributed by atoms with E-state index < -0.39 is 8.18 Å². The summed E-state index contributed by atoms with van der Waals surface area (Å²) in [5.74, 6) is 1.35. The first-order valence-electron chi connectivity index (χ1n) is 5.78. The zero-order valence-electron chi connectivity index (χ0n) is 10.2. The van der Waals surface area contributed by atoms with Crippen molar-refractivity contribution in [1.82, 2.24) is 4.98 Å². The molecule has 0 bridgehead atoms. The summed E-state index contributed by atoms with van der Waals surface area (Å²) in [5, 5.41) is 0.